The van der Waals surface area contributed by atoms with Gasteiger partial charge >= 0.3 is 0 Å². The van der Waals surface area contributed by atoms with Crippen LogP contribution in [0.5, 0.6) is 0 Å². The smallest absolute Gasteiger partial charge is 0.281 e. The minimum atomic E-state index is -0.463. The molecular formula is C23H17N5O3S. The van der Waals surface area contributed by atoms with Crippen molar-refractivity contribution in [3.63, 3.8) is 0 Å². The second kappa shape index (κ2) is 8.45. The maximum atomic E-state index is 12.5. The van der Waals surface area contributed by atoms with Crippen LogP contribution < -0.4 is 5.43 Å². The first kappa shape index (κ1) is 21.0. The maximum Gasteiger partial charge on any atom is 0.281 e. The molecule has 0 aliphatic heterocycles. The molecule has 1 amide bonds. The van der Waals surface area contributed by atoms with E-state index in [0.717, 1.165) is 27.3 Å². The average Bonchev–Trinajstić information content (AvgIpc) is 3.33. The fourth-order valence-electron chi connectivity index (χ4n) is 3.47. The number of nitriles is 1. The monoisotopic (exact) mass is 443 g/mol. The minimum absolute atomic E-state index is 0.0158. The van der Waals surface area contributed by atoms with Crippen molar-refractivity contribution < 1.29 is 9.72 Å². The fourth-order valence-corrected chi connectivity index (χ4v) is 4.41. The predicted molar refractivity (Wildman–Crippen MR) is 123 cm³/mol. The third-order valence-corrected chi connectivity index (χ3v) is 6.14. The van der Waals surface area contributed by atoms with Crippen molar-refractivity contribution in [2.24, 2.45) is 5.10 Å². The van der Waals surface area contributed by atoms with Gasteiger partial charge in [0.15, 0.2) is 0 Å². The van der Waals surface area contributed by atoms with Crippen molar-refractivity contribution in [2.75, 3.05) is 0 Å². The molecule has 158 valence electrons. The maximum absolute atomic E-state index is 12.5. The number of aryl methyl sites for hydroxylation is 1. The Balaban J connectivity index is 1.51. The normalized spacial score (nSPS) is 11.0. The van der Waals surface area contributed by atoms with Crippen molar-refractivity contribution >= 4 is 39.2 Å². The number of non-ortho nitro benzene ring substituents is 1. The standard InChI is InChI=1S/C23H17N5O3S/c1-14-9-18(15(2)27(14)19-5-3-16(12-24)4-6-19)13-25-26-23(29)22-11-17-10-20(28(30)31)7-8-21(17)32-22/h3-11,13H,1-2H3,(H,26,29). The summed E-state index contributed by atoms with van der Waals surface area (Å²) in [6, 6.07) is 17.5. The van der Waals surface area contributed by atoms with Crippen molar-refractivity contribution in [1.29, 1.82) is 5.26 Å². The predicted octanol–water partition coefficient (Wildman–Crippen LogP) is 4.85. The van der Waals surface area contributed by atoms with Gasteiger partial charge in [-0.3, -0.25) is 14.9 Å². The zero-order valence-corrected chi connectivity index (χ0v) is 18.0. The molecule has 0 fully saturated rings. The summed E-state index contributed by atoms with van der Waals surface area (Å²) in [5, 5.41) is 24.6. The number of nitrogens with one attached hydrogen (secondary N) is 1. The lowest BCUT2D eigenvalue weighted by Gasteiger charge is -2.09. The summed E-state index contributed by atoms with van der Waals surface area (Å²) in [6.45, 7) is 3.92. The van der Waals surface area contributed by atoms with E-state index in [0.29, 0.717) is 15.8 Å². The summed E-state index contributed by atoms with van der Waals surface area (Å²) >= 11 is 1.25. The number of carbonyl (C=O) groups is 1. The van der Waals surface area contributed by atoms with Crippen LogP contribution in [0.4, 0.5) is 5.69 Å². The summed E-state index contributed by atoms with van der Waals surface area (Å²) in [6.07, 6.45) is 1.58. The molecule has 8 nitrogen and oxygen atoms in total. The van der Waals surface area contributed by atoms with Gasteiger partial charge in [-0.05, 0) is 56.3 Å². The molecule has 4 aromatic rings. The highest BCUT2D eigenvalue weighted by atomic mass is 32.1. The number of hydrazone groups is 1. The summed E-state index contributed by atoms with van der Waals surface area (Å²) in [5.74, 6) is -0.383. The van der Waals surface area contributed by atoms with E-state index in [4.69, 9.17) is 5.26 Å². The number of nitro groups is 1. The molecule has 0 unspecified atom stereocenters. The molecule has 0 saturated heterocycles. The van der Waals surface area contributed by atoms with E-state index in [9.17, 15) is 14.9 Å². The van der Waals surface area contributed by atoms with Crippen LogP contribution in [-0.2, 0) is 0 Å². The lowest BCUT2D eigenvalue weighted by Crippen LogP contribution is -2.16. The molecule has 32 heavy (non-hydrogen) atoms. The van der Waals surface area contributed by atoms with Crippen molar-refractivity contribution in [3.8, 4) is 11.8 Å². The van der Waals surface area contributed by atoms with Crippen LogP contribution in [0.2, 0.25) is 0 Å². The Labute approximate surface area is 187 Å². The van der Waals surface area contributed by atoms with E-state index in [1.165, 1.54) is 23.5 Å². The highest BCUT2D eigenvalue weighted by Crippen LogP contribution is 2.29. The topological polar surface area (TPSA) is 113 Å². The van der Waals surface area contributed by atoms with Crippen LogP contribution in [0.3, 0.4) is 0 Å². The third kappa shape index (κ3) is 3.99. The van der Waals surface area contributed by atoms with Crippen LogP contribution >= 0.6 is 11.3 Å². The second-order valence-corrected chi connectivity index (χ2v) is 8.19. The van der Waals surface area contributed by atoms with Gasteiger partial charge < -0.3 is 4.57 Å². The molecule has 2 aromatic heterocycles. The molecular weight excluding hydrogens is 426 g/mol. The first-order chi connectivity index (χ1) is 15.4. The van der Waals surface area contributed by atoms with E-state index in [-0.39, 0.29) is 11.6 Å². The van der Waals surface area contributed by atoms with E-state index in [1.54, 1.807) is 30.5 Å². The SMILES string of the molecule is Cc1cc(C=NNC(=O)c2cc3cc([N+](=O)[O-])ccc3s2)c(C)n1-c1ccc(C#N)cc1. The number of hydrogen-bond acceptors (Lipinski definition) is 6. The van der Waals surface area contributed by atoms with Gasteiger partial charge in [0, 0.05) is 44.9 Å². The van der Waals surface area contributed by atoms with Crippen LogP contribution in [0.1, 0.15) is 32.2 Å². The van der Waals surface area contributed by atoms with Gasteiger partial charge in [-0.1, -0.05) is 0 Å². The number of aromatic nitrogens is 1. The average molecular weight is 443 g/mol. The van der Waals surface area contributed by atoms with Crippen molar-refractivity contribution in [2.45, 2.75) is 13.8 Å². The Morgan fingerprint density at radius 3 is 2.62 bits per heavy atom. The number of fused-ring (bicyclic) bond motifs is 1. The van der Waals surface area contributed by atoms with E-state index in [1.807, 2.05) is 36.6 Å². The highest BCUT2D eigenvalue weighted by Gasteiger charge is 2.13. The van der Waals surface area contributed by atoms with E-state index in [2.05, 4.69) is 16.6 Å². The molecule has 9 heteroatoms. The first-order valence-electron chi connectivity index (χ1n) is 9.58. The van der Waals surface area contributed by atoms with Crippen LogP contribution in [0.15, 0.2) is 59.7 Å². The highest BCUT2D eigenvalue weighted by molar-refractivity contribution is 7.20. The quantitative estimate of drug-likeness (QED) is 0.270. The third-order valence-electron chi connectivity index (χ3n) is 5.03. The number of nitrogens with zero attached hydrogens (tertiary/aromatic N) is 4. The number of thiophene rings is 1. The second-order valence-electron chi connectivity index (χ2n) is 7.11. The molecule has 4 rings (SSSR count). The number of hydrogen-bond donors (Lipinski definition) is 1. The molecule has 2 aromatic carbocycles. The number of rotatable bonds is 5. The molecule has 2 heterocycles. The van der Waals surface area contributed by atoms with Gasteiger partial charge in [0.1, 0.15) is 0 Å². The van der Waals surface area contributed by atoms with Gasteiger partial charge in [0.05, 0.1) is 27.6 Å². The lowest BCUT2D eigenvalue weighted by atomic mass is 10.2. The molecule has 0 saturated carbocycles. The number of nitro benzene ring substituents is 1. The van der Waals surface area contributed by atoms with Crippen molar-refractivity contribution in [1.82, 2.24) is 9.99 Å². The number of amides is 1. The number of benzene rings is 2. The Morgan fingerprint density at radius 2 is 1.94 bits per heavy atom. The summed E-state index contributed by atoms with van der Waals surface area (Å²) in [5.41, 5.74) is 6.81. The van der Waals surface area contributed by atoms with E-state index < -0.39 is 4.92 Å². The molecule has 0 atom stereocenters. The zero-order chi connectivity index (χ0) is 22.8. The Kier molecular flexibility index (Phi) is 5.54. The summed E-state index contributed by atoms with van der Waals surface area (Å²) in [7, 11) is 0. The summed E-state index contributed by atoms with van der Waals surface area (Å²) < 4.78 is 2.83. The fraction of sp³-hybridized carbons (Fsp3) is 0.0870. The molecule has 0 radical (unpaired) electrons. The Morgan fingerprint density at radius 1 is 1.19 bits per heavy atom. The minimum Gasteiger partial charge on any atom is -0.318 e. The Bertz CT molecular complexity index is 1420. The number of carbonyl (C=O) groups excluding carboxylic acids is 1. The Hall–Kier alpha value is -4.29. The van der Waals surface area contributed by atoms with Gasteiger partial charge in [-0.2, -0.15) is 10.4 Å². The zero-order valence-electron chi connectivity index (χ0n) is 17.2. The molecule has 0 bridgehead atoms. The van der Waals surface area contributed by atoms with Crippen molar-refractivity contribution in [3.05, 3.63) is 92.1 Å². The van der Waals surface area contributed by atoms with E-state index >= 15 is 0 Å². The largest absolute Gasteiger partial charge is 0.318 e. The molecule has 1 N–H and O–H groups in total. The first-order valence-corrected chi connectivity index (χ1v) is 10.4. The van der Waals surface area contributed by atoms with Crippen LogP contribution in [0.25, 0.3) is 15.8 Å². The molecule has 0 aliphatic carbocycles. The molecule has 0 aliphatic rings. The van der Waals surface area contributed by atoms with Gasteiger partial charge in [0.2, 0.25) is 0 Å². The summed E-state index contributed by atoms with van der Waals surface area (Å²) in [4.78, 5) is 23.4. The van der Waals surface area contributed by atoms with Gasteiger partial charge in [-0.25, -0.2) is 5.43 Å². The molecule has 0 spiro atoms. The van der Waals surface area contributed by atoms with Gasteiger partial charge in [-0.15, -0.1) is 11.3 Å². The van der Waals surface area contributed by atoms with Crippen LogP contribution in [0, 0.1) is 35.3 Å². The van der Waals surface area contributed by atoms with Crippen LogP contribution in [-0.4, -0.2) is 21.6 Å². The van der Waals surface area contributed by atoms with Gasteiger partial charge in [0.25, 0.3) is 11.6 Å². The lowest BCUT2D eigenvalue weighted by molar-refractivity contribution is -0.384.